The third kappa shape index (κ3) is 2.56. The van der Waals surface area contributed by atoms with Gasteiger partial charge in [-0.3, -0.25) is 0 Å². The molecule has 0 atom stereocenters. The first kappa shape index (κ1) is 10.6. The molecule has 0 amide bonds. The Balaban J connectivity index is 2.32. The summed E-state index contributed by atoms with van der Waals surface area (Å²) in [7, 11) is 0. The summed E-state index contributed by atoms with van der Waals surface area (Å²) >= 11 is 11.5. The largest absolute Gasteiger partial charge is 0.382 e. The van der Waals surface area contributed by atoms with Gasteiger partial charge in [-0.05, 0) is 16.6 Å². The minimum atomic E-state index is -0.449. The van der Waals surface area contributed by atoms with Crippen molar-refractivity contribution in [2.75, 3.05) is 0 Å². The molecule has 2 aromatic carbocycles. The summed E-state index contributed by atoms with van der Waals surface area (Å²) in [5.74, 6) is 0. The van der Waals surface area contributed by atoms with E-state index in [0.717, 1.165) is 5.46 Å². The molecule has 0 saturated carbocycles. The van der Waals surface area contributed by atoms with Crippen LogP contribution in [0.1, 0.15) is 0 Å². The molecule has 0 fully saturated rings. The SMILES string of the molecule is ClB(Cl)c1ccc(-c2ccccc2)cc1. The van der Waals surface area contributed by atoms with Crippen molar-refractivity contribution in [2.45, 2.75) is 0 Å². The van der Waals surface area contributed by atoms with Gasteiger partial charge in [-0.2, -0.15) is 22.9 Å². The second-order valence-corrected chi connectivity index (χ2v) is 4.38. The predicted octanol–water partition coefficient (Wildman–Crippen LogP) is 3.53. The molecule has 0 radical (unpaired) electrons. The fourth-order valence-electron chi connectivity index (χ4n) is 1.45. The van der Waals surface area contributed by atoms with Crippen LogP contribution < -0.4 is 5.46 Å². The lowest BCUT2D eigenvalue weighted by Crippen LogP contribution is -2.16. The van der Waals surface area contributed by atoms with Gasteiger partial charge in [0.1, 0.15) is 0 Å². The lowest BCUT2D eigenvalue weighted by molar-refractivity contribution is 1.64. The minimum Gasteiger partial charge on any atom is -0.165 e. The van der Waals surface area contributed by atoms with E-state index in [2.05, 4.69) is 12.1 Å². The summed E-state index contributed by atoms with van der Waals surface area (Å²) in [6.07, 6.45) is 0. The van der Waals surface area contributed by atoms with E-state index >= 15 is 0 Å². The molecule has 0 aliphatic heterocycles. The molecule has 2 aromatic rings. The summed E-state index contributed by atoms with van der Waals surface area (Å²) in [5, 5.41) is 0. The van der Waals surface area contributed by atoms with Gasteiger partial charge in [0.15, 0.2) is 0 Å². The van der Waals surface area contributed by atoms with Gasteiger partial charge in [-0.1, -0.05) is 54.6 Å². The zero-order chi connectivity index (χ0) is 10.7. The zero-order valence-electron chi connectivity index (χ0n) is 8.03. The number of hydrogen-bond acceptors (Lipinski definition) is 0. The van der Waals surface area contributed by atoms with Crippen molar-refractivity contribution in [2.24, 2.45) is 0 Å². The lowest BCUT2D eigenvalue weighted by Gasteiger charge is -2.03. The van der Waals surface area contributed by atoms with E-state index in [1.54, 1.807) is 0 Å². The van der Waals surface area contributed by atoms with Gasteiger partial charge in [0.05, 0.1) is 0 Å². The normalized spacial score (nSPS) is 10.0. The number of halogens is 2. The van der Waals surface area contributed by atoms with Gasteiger partial charge in [-0.15, -0.1) is 0 Å². The van der Waals surface area contributed by atoms with Crippen LogP contribution in [0, 0.1) is 0 Å². The maximum Gasteiger partial charge on any atom is 0.382 e. The molecule has 0 aliphatic carbocycles. The van der Waals surface area contributed by atoms with Crippen LogP contribution in [-0.4, -0.2) is 5.54 Å². The van der Waals surface area contributed by atoms with E-state index in [1.165, 1.54) is 11.1 Å². The van der Waals surface area contributed by atoms with E-state index in [1.807, 2.05) is 42.5 Å². The van der Waals surface area contributed by atoms with Crippen LogP contribution in [-0.2, 0) is 0 Å². The van der Waals surface area contributed by atoms with E-state index in [0.29, 0.717) is 0 Å². The molecule has 3 heteroatoms. The van der Waals surface area contributed by atoms with E-state index in [9.17, 15) is 0 Å². The minimum absolute atomic E-state index is 0.449. The smallest absolute Gasteiger partial charge is 0.165 e. The highest BCUT2D eigenvalue weighted by molar-refractivity contribution is 7.39. The fourth-order valence-corrected chi connectivity index (χ4v) is 1.74. The van der Waals surface area contributed by atoms with Crippen molar-refractivity contribution in [1.29, 1.82) is 0 Å². The maximum absolute atomic E-state index is 5.77. The van der Waals surface area contributed by atoms with E-state index in [4.69, 9.17) is 22.9 Å². The summed E-state index contributed by atoms with van der Waals surface area (Å²) in [4.78, 5) is 0. The first-order valence-electron chi connectivity index (χ1n) is 4.71. The Hall–Kier alpha value is -0.915. The highest BCUT2D eigenvalue weighted by atomic mass is 35.5. The quantitative estimate of drug-likeness (QED) is 0.698. The molecular weight excluding hydrogens is 226 g/mol. The van der Waals surface area contributed by atoms with Crippen LogP contribution in [0.4, 0.5) is 0 Å². The maximum atomic E-state index is 5.77. The highest BCUT2D eigenvalue weighted by Crippen LogP contribution is 2.17. The molecular formula is C12H9BCl2. The average molecular weight is 235 g/mol. The fraction of sp³-hybridized carbons (Fsp3) is 0. The number of benzene rings is 2. The Bertz CT molecular complexity index is 423. The molecule has 0 heterocycles. The Kier molecular flexibility index (Phi) is 3.35. The van der Waals surface area contributed by atoms with Crippen LogP contribution in [0.3, 0.4) is 0 Å². The lowest BCUT2D eigenvalue weighted by atomic mass is 9.91. The standard InChI is InChI=1S/C12H9BCl2/c14-13(15)12-8-6-11(7-9-12)10-4-2-1-3-5-10/h1-9H. The van der Waals surface area contributed by atoms with Crippen molar-refractivity contribution < 1.29 is 0 Å². The van der Waals surface area contributed by atoms with Crippen molar-refractivity contribution in [3.63, 3.8) is 0 Å². The molecule has 0 spiro atoms. The molecule has 0 aliphatic rings. The first-order chi connectivity index (χ1) is 7.27. The predicted molar refractivity (Wildman–Crippen MR) is 69.0 cm³/mol. The molecule has 0 N–H and O–H groups in total. The van der Waals surface area contributed by atoms with Gasteiger partial charge >= 0.3 is 5.54 Å². The van der Waals surface area contributed by atoms with Gasteiger partial charge in [0.2, 0.25) is 0 Å². The summed E-state index contributed by atoms with van der Waals surface area (Å²) in [5.41, 5.74) is 2.85. The summed E-state index contributed by atoms with van der Waals surface area (Å²) < 4.78 is 0. The summed E-state index contributed by atoms with van der Waals surface area (Å²) in [6.45, 7) is 0. The second-order valence-electron chi connectivity index (χ2n) is 3.29. The van der Waals surface area contributed by atoms with Gasteiger partial charge in [0.25, 0.3) is 0 Å². The third-order valence-electron chi connectivity index (χ3n) is 2.27. The van der Waals surface area contributed by atoms with E-state index < -0.39 is 5.54 Å². The van der Waals surface area contributed by atoms with Crippen molar-refractivity contribution >= 4 is 33.9 Å². The molecule has 15 heavy (non-hydrogen) atoms. The van der Waals surface area contributed by atoms with Crippen molar-refractivity contribution in [1.82, 2.24) is 0 Å². The second kappa shape index (κ2) is 4.74. The molecule has 0 saturated heterocycles. The summed E-state index contributed by atoms with van der Waals surface area (Å²) in [6, 6.07) is 18.2. The number of hydrogen-bond donors (Lipinski definition) is 0. The molecule has 0 aromatic heterocycles. The Morgan fingerprint density at radius 2 is 1.20 bits per heavy atom. The average Bonchev–Trinajstić information content (AvgIpc) is 2.30. The Labute approximate surface area is 99.7 Å². The highest BCUT2D eigenvalue weighted by Gasteiger charge is 2.08. The molecule has 0 bridgehead atoms. The van der Waals surface area contributed by atoms with Crippen LogP contribution in [0.15, 0.2) is 54.6 Å². The van der Waals surface area contributed by atoms with Gasteiger partial charge in [0, 0.05) is 0 Å². The molecule has 2 rings (SSSR count). The van der Waals surface area contributed by atoms with Crippen molar-refractivity contribution in [3.8, 4) is 11.1 Å². The first-order valence-corrected chi connectivity index (χ1v) is 5.58. The Morgan fingerprint density at radius 1 is 0.667 bits per heavy atom. The monoisotopic (exact) mass is 234 g/mol. The van der Waals surface area contributed by atoms with Crippen LogP contribution in [0.2, 0.25) is 0 Å². The third-order valence-corrected chi connectivity index (χ3v) is 2.77. The van der Waals surface area contributed by atoms with Gasteiger partial charge < -0.3 is 0 Å². The molecule has 0 unspecified atom stereocenters. The van der Waals surface area contributed by atoms with Crippen LogP contribution >= 0.6 is 22.9 Å². The van der Waals surface area contributed by atoms with E-state index in [-0.39, 0.29) is 0 Å². The molecule has 0 nitrogen and oxygen atoms in total. The molecule has 74 valence electrons. The topological polar surface area (TPSA) is 0 Å². The van der Waals surface area contributed by atoms with Crippen molar-refractivity contribution in [3.05, 3.63) is 54.6 Å². The Morgan fingerprint density at radius 3 is 1.73 bits per heavy atom. The number of rotatable bonds is 2. The van der Waals surface area contributed by atoms with Gasteiger partial charge in [-0.25, -0.2) is 0 Å². The zero-order valence-corrected chi connectivity index (χ0v) is 9.54. The van der Waals surface area contributed by atoms with Crippen LogP contribution in [0.5, 0.6) is 0 Å². The van der Waals surface area contributed by atoms with Crippen LogP contribution in [0.25, 0.3) is 11.1 Å².